The highest BCUT2D eigenvalue weighted by atomic mass is 19.4. The van der Waals surface area contributed by atoms with Gasteiger partial charge < -0.3 is 9.88 Å². The molecule has 4 rings (SSSR count). The monoisotopic (exact) mass is 537 g/mol. The number of benzene rings is 3. The van der Waals surface area contributed by atoms with E-state index in [2.05, 4.69) is 5.32 Å². The average Bonchev–Trinajstić information content (AvgIpc) is 2.90. The molecule has 1 aromatic heterocycles. The number of halogens is 5. The van der Waals surface area contributed by atoms with Crippen molar-refractivity contribution in [2.45, 2.75) is 19.6 Å². The first-order valence-corrected chi connectivity index (χ1v) is 11.7. The molecule has 5 nitrogen and oxygen atoms in total. The summed E-state index contributed by atoms with van der Waals surface area (Å²) in [6, 6.07) is 17.5. The van der Waals surface area contributed by atoms with Gasteiger partial charge in [0.1, 0.15) is 23.3 Å². The summed E-state index contributed by atoms with van der Waals surface area (Å²) in [4.78, 5) is 26.5. The largest absolute Gasteiger partial charge is 0.417 e. The molecule has 1 heterocycles. The Hall–Kier alpha value is -4.78. The maximum absolute atomic E-state index is 14.6. The van der Waals surface area contributed by atoms with Gasteiger partial charge in [-0.1, -0.05) is 48.5 Å². The number of pyridine rings is 1. The van der Waals surface area contributed by atoms with E-state index in [4.69, 9.17) is 0 Å². The number of nitriles is 1. The van der Waals surface area contributed by atoms with Gasteiger partial charge in [-0.25, -0.2) is 8.78 Å². The topological polar surface area (TPSA) is 74.9 Å². The molecule has 39 heavy (non-hydrogen) atoms. The number of rotatable bonds is 6. The number of hydrogen-bond donors (Lipinski definition) is 1. The van der Waals surface area contributed by atoms with Gasteiger partial charge in [-0.2, -0.15) is 18.4 Å². The van der Waals surface area contributed by atoms with Crippen molar-refractivity contribution in [1.82, 2.24) is 9.88 Å². The van der Waals surface area contributed by atoms with Crippen LogP contribution in [-0.4, -0.2) is 17.0 Å². The van der Waals surface area contributed by atoms with Crippen molar-refractivity contribution in [2.24, 2.45) is 0 Å². The molecule has 10 heteroatoms. The quantitative estimate of drug-likeness (QED) is 0.300. The van der Waals surface area contributed by atoms with Crippen molar-refractivity contribution >= 4 is 5.91 Å². The van der Waals surface area contributed by atoms with Crippen LogP contribution >= 0.6 is 0 Å². The van der Waals surface area contributed by atoms with E-state index < -0.39 is 46.9 Å². The Morgan fingerprint density at radius 3 is 2.33 bits per heavy atom. The third-order valence-corrected chi connectivity index (χ3v) is 6.05. The highest BCUT2D eigenvalue weighted by Gasteiger charge is 2.37. The van der Waals surface area contributed by atoms with Gasteiger partial charge in [0.2, 0.25) is 0 Å². The minimum atomic E-state index is -5.09. The van der Waals surface area contributed by atoms with Gasteiger partial charge in [-0.05, 0) is 36.2 Å². The lowest BCUT2D eigenvalue weighted by atomic mass is 9.91. The van der Waals surface area contributed by atoms with Crippen LogP contribution in [0.4, 0.5) is 22.0 Å². The predicted octanol–water partition coefficient (Wildman–Crippen LogP) is 6.15. The minimum absolute atomic E-state index is 0.0238. The van der Waals surface area contributed by atoms with E-state index in [1.807, 2.05) is 0 Å². The number of nitrogens with zero attached hydrogens (tertiary/aromatic N) is 2. The van der Waals surface area contributed by atoms with Gasteiger partial charge >= 0.3 is 6.18 Å². The van der Waals surface area contributed by atoms with Gasteiger partial charge in [0, 0.05) is 29.3 Å². The minimum Gasteiger partial charge on any atom is -0.352 e. The Kier molecular flexibility index (Phi) is 7.63. The van der Waals surface area contributed by atoms with Crippen LogP contribution in [0.2, 0.25) is 0 Å². The molecule has 0 aliphatic carbocycles. The number of amides is 1. The second-order valence-electron chi connectivity index (χ2n) is 8.51. The normalized spacial score (nSPS) is 11.2. The van der Waals surface area contributed by atoms with Crippen molar-refractivity contribution in [3.05, 3.63) is 117 Å². The fourth-order valence-electron chi connectivity index (χ4n) is 4.29. The lowest BCUT2D eigenvalue weighted by molar-refractivity contribution is -0.137. The molecule has 0 fully saturated rings. The molecule has 0 bridgehead atoms. The molecule has 198 valence electrons. The van der Waals surface area contributed by atoms with E-state index in [1.54, 1.807) is 49.4 Å². The average molecular weight is 537 g/mol. The first kappa shape index (κ1) is 27.3. The fraction of sp³-hybridized carbons (Fsp3) is 0.138. The summed E-state index contributed by atoms with van der Waals surface area (Å²) in [5, 5.41) is 12.1. The van der Waals surface area contributed by atoms with Crippen LogP contribution in [0.5, 0.6) is 0 Å². The fourth-order valence-corrected chi connectivity index (χ4v) is 4.29. The SMILES string of the molecule is CCNC(=O)c1cccc(-c2ccccc2)c1-c1cc(C(F)(F)F)c(C#N)c(=O)n1Cc1ccc(F)cc1F. The Morgan fingerprint density at radius 1 is 1.00 bits per heavy atom. The number of carbonyl (C=O) groups excluding carboxylic acids is 1. The summed E-state index contributed by atoms with van der Waals surface area (Å²) >= 11 is 0. The molecule has 1 amide bonds. The van der Waals surface area contributed by atoms with Crippen molar-refractivity contribution in [3.8, 4) is 28.5 Å². The van der Waals surface area contributed by atoms with E-state index in [0.717, 1.165) is 16.7 Å². The van der Waals surface area contributed by atoms with Crippen LogP contribution in [0, 0.1) is 23.0 Å². The first-order chi connectivity index (χ1) is 18.6. The molecule has 0 aliphatic rings. The highest BCUT2D eigenvalue weighted by molar-refractivity contribution is 6.04. The third kappa shape index (κ3) is 5.43. The number of aromatic nitrogens is 1. The van der Waals surface area contributed by atoms with Crippen LogP contribution in [0.25, 0.3) is 22.4 Å². The Morgan fingerprint density at radius 2 is 1.72 bits per heavy atom. The van der Waals surface area contributed by atoms with Crippen LogP contribution in [0.3, 0.4) is 0 Å². The van der Waals surface area contributed by atoms with Crippen LogP contribution < -0.4 is 10.9 Å². The molecule has 0 atom stereocenters. The standard InChI is InChI=1S/C29H20F5N3O2/c1-2-36-27(38)21-10-6-9-20(17-7-4-3-5-8-17)26(21)25-14-23(29(32,33)34)22(15-35)28(39)37(25)16-18-11-12-19(30)13-24(18)31/h3-14H,2,16H2,1H3,(H,36,38). The lowest BCUT2D eigenvalue weighted by Gasteiger charge is -2.22. The zero-order chi connectivity index (χ0) is 28.3. The van der Waals surface area contributed by atoms with Crippen LogP contribution in [0.15, 0.2) is 77.6 Å². The molecule has 0 spiro atoms. The Balaban J connectivity index is 2.16. The second-order valence-corrected chi connectivity index (χ2v) is 8.51. The van der Waals surface area contributed by atoms with Crippen LogP contribution in [-0.2, 0) is 12.7 Å². The van der Waals surface area contributed by atoms with E-state index >= 15 is 0 Å². The Labute approximate surface area is 219 Å². The maximum atomic E-state index is 14.6. The summed E-state index contributed by atoms with van der Waals surface area (Å²) in [6.07, 6.45) is -5.09. The second kappa shape index (κ2) is 10.9. The smallest absolute Gasteiger partial charge is 0.352 e. The van der Waals surface area contributed by atoms with Gasteiger partial charge in [-0.3, -0.25) is 9.59 Å². The van der Waals surface area contributed by atoms with Crippen molar-refractivity contribution in [2.75, 3.05) is 6.54 Å². The third-order valence-electron chi connectivity index (χ3n) is 6.05. The van der Waals surface area contributed by atoms with Crippen molar-refractivity contribution in [1.29, 1.82) is 5.26 Å². The highest BCUT2D eigenvalue weighted by Crippen LogP contribution is 2.39. The predicted molar refractivity (Wildman–Crippen MR) is 135 cm³/mol. The molecule has 0 saturated carbocycles. The zero-order valence-electron chi connectivity index (χ0n) is 20.4. The summed E-state index contributed by atoms with van der Waals surface area (Å²) in [7, 11) is 0. The molecule has 1 N–H and O–H groups in total. The molecule has 3 aromatic carbocycles. The number of hydrogen-bond acceptors (Lipinski definition) is 3. The van der Waals surface area contributed by atoms with Gasteiger partial charge in [0.15, 0.2) is 0 Å². The molecule has 4 aromatic rings. The molecule has 0 aliphatic heterocycles. The summed E-state index contributed by atoms with van der Waals surface area (Å²) in [5.74, 6) is -2.54. The lowest BCUT2D eigenvalue weighted by Crippen LogP contribution is -2.30. The molecule has 0 unspecified atom stereocenters. The van der Waals surface area contributed by atoms with Gasteiger partial charge in [0.25, 0.3) is 11.5 Å². The first-order valence-electron chi connectivity index (χ1n) is 11.7. The molecule has 0 saturated heterocycles. The van der Waals surface area contributed by atoms with E-state index in [1.165, 1.54) is 12.1 Å². The molecule has 0 radical (unpaired) electrons. The summed E-state index contributed by atoms with van der Waals surface area (Å²) in [5.41, 5.74) is -3.80. The maximum Gasteiger partial charge on any atom is 0.417 e. The van der Waals surface area contributed by atoms with E-state index in [-0.39, 0.29) is 28.9 Å². The van der Waals surface area contributed by atoms with E-state index in [9.17, 15) is 36.8 Å². The van der Waals surface area contributed by atoms with Gasteiger partial charge in [0.05, 0.1) is 17.8 Å². The van der Waals surface area contributed by atoms with E-state index in [0.29, 0.717) is 23.3 Å². The van der Waals surface area contributed by atoms with Crippen LogP contribution in [0.1, 0.15) is 34.0 Å². The summed E-state index contributed by atoms with van der Waals surface area (Å²) in [6.45, 7) is 1.24. The number of carbonyl (C=O) groups is 1. The zero-order valence-corrected chi connectivity index (χ0v) is 20.4. The number of alkyl halides is 3. The Bertz CT molecular complexity index is 1660. The van der Waals surface area contributed by atoms with Gasteiger partial charge in [-0.15, -0.1) is 0 Å². The number of nitrogens with one attached hydrogen (secondary N) is 1. The van der Waals surface area contributed by atoms with Crippen molar-refractivity contribution in [3.63, 3.8) is 0 Å². The van der Waals surface area contributed by atoms with Crippen molar-refractivity contribution < 1.29 is 26.7 Å². The summed E-state index contributed by atoms with van der Waals surface area (Å²) < 4.78 is 71.3. The molecular formula is C29H20F5N3O2. The molecular weight excluding hydrogens is 517 g/mol.